The summed E-state index contributed by atoms with van der Waals surface area (Å²) in [6.07, 6.45) is 0. The third-order valence-electron chi connectivity index (χ3n) is 2.49. The zero-order valence-corrected chi connectivity index (χ0v) is 11.9. The first-order chi connectivity index (χ1) is 7.75. The first-order valence-corrected chi connectivity index (χ1v) is 6.21. The summed E-state index contributed by atoms with van der Waals surface area (Å²) in [5.41, 5.74) is 0.368. The second-order valence-electron chi connectivity index (χ2n) is 5.47. The van der Waals surface area contributed by atoms with E-state index in [0.717, 1.165) is 5.69 Å². The van der Waals surface area contributed by atoms with E-state index >= 15 is 0 Å². The smallest absolute Gasteiger partial charge is 0.232 e. The molecule has 0 bridgehead atoms. The fraction of sp³-hybridized carbons (Fsp3) is 0.500. The van der Waals surface area contributed by atoms with Gasteiger partial charge >= 0.3 is 0 Å². The molecular weight excluding hydrogens is 234 g/mol. The minimum atomic E-state index is -0.413. The van der Waals surface area contributed by atoms with Gasteiger partial charge in [-0.05, 0) is 26.0 Å². The topological polar surface area (TPSA) is 20.3 Å². The average molecular weight is 254 g/mol. The minimum Gasteiger partial charge on any atom is -0.308 e. The van der Waals surface area contributed by atoms with E-state index in [-0.39, 0.29) is 11.9 Å². The lowest BCUT2D eigenvalue weighted by Crippen LogP contribution is -2.44. The van der Waals surface area contributed by atoms with Crippen molar-refractivity contribution in [2.45, 2.75) is 40.7 Å². The summed E-state index contributed by atoms with van der Waals surface area (Å²) in [7, 11) is 0. The number of rotatable bonds is 2. The number of nitrogens with zero attached hydrogens (tertiary/aromatic N) is 1. The van der Waals surface area contributed by atoms with Gasteiger partial charge in [0, 0.05) is 11.5 Å². The van der Waals surface area contributed by atoms with Crippen LogP contribution in [-0.4, -0.2) is 11.9 Å². The summed E-state index contributed by atoms with van der Waals surface area (Å²) in [6, 6.07) is 7.54. The molecule has 0 N–H and O–H groups in total. The molecule has 1 aromatic rings. The average Bonchev–Trinajstić information content (AvgIpc) is 2.19. The third kappa shape index (κ3) is 3.22. The molecule has 0 aliphatic heterocycles. The molecule has 0 aliphatic carbocycles. The Bertz CT molecular complexity index is 407. The number of para-hydroxylation sites is 1. The maximum atomic E-state index is 12.4. The van der Waals surface area contributed by atoms with Gasteiger partial charge in [-0.25, -0.2) is 0 Å². The molecule has 1 rings (SSSR count). The number of hydrogen-bond donors (Lipinski definition) is 0. The number of anilines is 1. The van der Waals surface area contributed by atoms with Gasteiger partial charge in [0.15, 0.2) is 0 Å². The number of halogens is 1. The largest absolute Gasteiger partial charge is 0.308 e. The van der Waals surface area contributed by atoms with Crippen LogP contribution < -0.4 is 4.90 Å². The second-order valence-corrected chi connectivity index (χ2v) is 5.88. The lowest BCUT2D eigenvalue weighted by molar-refractivity contribution is -0.126. The SMILES string of the molecule is CC(C)N(C(=O)C(C)(C)C)c1ccccc1Cl. The van der Waals surface area contributed by atoms with E-state index in [9.17, 15) is 4.79 Å². The van der Waals surface area contributed by atoms with Crippen LogP contribution in [0.3, 0.4) is 0 Å². The van der Waals surface area contributed by atoms with E-state index < -0.39 is 5.41 Å². The molecule has 1 amide bonds. The maximum Gasteiger partial charge on any atom is 0.232 e. The van der Waals surface area contributed by atoms with Crippen molar-refractivity contribution in [2.75, 3.05) is 4.90 Å². The molecule has 2 nitrogen and oxygen atoms in total. The first kappa shape index (κ1) is 14.0. The quantitative estimate of drug-likeness (QED) is 0.776. The fourth-order valence-corrected chi connectivity index (χ4v) is 1.86. The monoisotopic (exact) mass is 253 g/mol. The molecule has 17 heavy (non-hydrogen) atoms. The molecular formula is C14H20ClNO. The van der Waals surface area contributed by atoms with Gasteiger partial charge in [0.2, 0.25) is 5.91 Å². The lowest BCUT2D eigenvalue weighted by atomic mass is 9.93. The molecule has 0 fully saturated rings. The van der Waals surface area contributed by atoms with Gasteiger partial charge in [0.25, 0.3) is 0 Å². The van der Waals surface area contributed by atoms with Crippen LogP contribution in [0.25, 0.3) is 0 Å². The van der Waals surface area contributed by atoms with E-state index in [1.54, 1.807) is 4.90 Å². The van der Waals surface area contributed by atoms with Crippen molar-refractivity contribution in [1.82, 2.24) is 0 Å². The summed E-state index contributed by atoms with van der Waals surface area (Å²) < 4.78 is 0. The van der Waals surface area contributed by atoms with Gasteiger partial charge in [0.1, 0.15) is 0 Å². The third-order valence-corrected chi connectivity index (χ3v) is 2.81. The van der Waals surface area contributed by atoms with Crippen molar-refractivity contribution in [2.24, 2.45) is 5.41 Å². The maximum absolute atomic E-state index is 12.4. The Morgan fingerprint density at radius 2 is 1.76 bits per heavy atom. The van der Waals surface area contributed by atoms with Crippen molar-refractivity contribution in [3.8, 4) is 0 Å². The van der Waals surface area contributed by atoms with Crippen molar-refractivity contribution >= 4 is 23.2 Å². The van der Waals surface area contributed by atoms with Crippen LogP contribution in [0.4, 0.5) is 5.69 Å². The summed E-state index contributed by atoms with van der Waals surface area (Å²) in [5, 5.41) is 0.610. The van der Waals surface area contributed by atoms with Crippen molar-refractivity contribution in [3.05, 3.63) is 29.3 Å². The standard InChI is InChI=1S/C14H20ClNO/c1-10(2)16(13(17)14(3,4)5)12-9-7-6-8-11(12)15/h6-10H,1-5H3. The summed E-state index contributed by atoms with van der Waals surface area (Å²) >= 11 is 6.16. The minimum absolute atomic E-state index is 0.0839. The highest BCUT2D eigenvalue weighted by Gasteiger charge is 2.30. The van der Waals surface area contributed by atoms with E-state index in [2.05, 4.69) is 0 Å². The highest BCUT2D eigenvalue weighted by molar-refractivity contribution is 6.33. The molecule has 0 atom stereocenters. The van der Waals surface area contributed by atoms with Crippen molar-refractivity contribution < 1.29 is 4.79 Å². The van der Waals surface area contributed by atoms with Gasteiger partial charge in [-0.1, -0.05) is 44.5 Å². The van der Waals surface area contributed by atoms with Gasteiger partial charge in [-0.2, -0.15) is 0 Å². The Morgan fingerprint density at radius 1 is 1.24 bits per heavy atom. The molecule has 94 valence electrons. The molecule has 0 aliphatic rings. The van der Waals surface area contributed by atoms with Gasteiger partial charge < -0.3 is 4.90 Å². The van der Waals surface area contributed by atoms with Crippen molar-refractivity contribution in [1.29, 1.82) is 0 Å². The zero-order chi connectivity index (χ0) is 13.2. The van der Waals surface area contributed by atoms with E-state index in [0.29, 0.717) is 5.02 Å². The van der Waals surface area contributed by atoms with Gasteiger partial charge in [-0.3, -0.25) is 4.79 Å². The Hall–Kier alpha value is -1.02. The molecule has 0 saturated heterocycles. The Morgan fingerprint density at radius 3 is 2.18 bits per heavy atom. The number of carbonyl (C=O) groups is 1. The lowest BCUT2D eigenvalue weighted by Gasteiger charge is -2.33. The number of hydrogen-bond acceptors (Lipinski definition) is 1. The summed E-state index contributed by atoms with van der Waals surface area (Å²) in [4.78, 5) is 14.2. The predicted octanol–water partition coefficient (Wildman–Crippen LogP) is 4.13. The highest BCUT2D eigenvalue weighted by Crippen LogP contribution is 2.30. The normalized spacial score (nSPS) is 11.7. The molecule has 0 aromatic heterocycles. The zero-order valence-electron chi connectivity index (χ0n) is 11.1. The Labute approximate surface area is 109 Å². The van der Waals surface area contributed by atoms with E-state index in [4.69, 9.17) is 11.6 Å². The molecule has 0 saturated carbocycles. The van der Waals surface area contributed by atoms with Crippen LogP contribution >= 0.6 is 11.6 Å². The van der Waals surface area contributed by atoms with Gasteiger partial charge in [-0.15, -0.1) is 0 Å². The van der Waals surface area contributed by atoms with Crippen LogP contribution in [0.2, 0.25) is 5.02 Å². The van der Waals surface area contributed by atoms with E-state index in [1.807, 2.05) is 58.9 Å². The summed E-state index contributed by atoms with van der Waals surface area (Å²) in [5.74, 6) is 0.0839. The second kappa shape index (κ2) is 5.09. The van der Waals surface area contributed by atoms with Crippen LogP contribution in [0.1, 0.15) is 34.6 Å². The Kier molecular flexibility index (Phi) is 4.21. The van der Waals surface area contributed by atoms with Crippen molar-refractivity contribution in [3.63, 3.8) is 0 Å². The van der Waals surface area contributed by atoms with Gasteiger partial charge in [0.05, 0.1) is 10.7 Å². The molecule has 0 radical (unpaired) electrons. The van der Waals surface area contributed by atoms with Crippen LogP contribution in [0, 0.1) is 5.41 Å². The number of carbonyl (C=O) groups excluding carboxylic acids is 1. The van der Waals surface area contributed by atoms with E-state index in [1.165, 1.54) is 0 Å². The fourth-order valence-electron chi connectivity index (χ4n) is 1.63. The number of amides is 1. The van der Waals surface area contributed by atoms with Crippen LogP contribution in [0.15, 0.2) is 24.3 Å². The molecule has 1 aromatic carbocycles. The Balaban J connectivity index is 3.20. The molecule has 0 spiro atoms. The molecule has 0 heterocycles. The van der Waals surface area contributed by atoms with Crippen LogP contribution in [-0.2, 0) is 4.79 Å². The number of benzene rings is 1. The van der Waals surface area contributed by atoms with Crippen LogP contribution in [0.5, 0.6) is 0 Å². The molecule has 3 heteroatoms. The summed E-state index contributed by atoms with van der Waals surface area (Å²) in [6.45, 7) is 9.74. The first-order valence-electron chi connectivity index (χ1n) is 5.83. The highest BCUT2D eigenvalue weighted by atomic mass is 35.5. The molecule has 0 unspecified atom stereocenters. The predicted molar refractivity (Wildman–Crippen MR) is 73.5 cm³/mol.